The number of sulfonamides is 1. The summed E-state index contributed by atoms with van der Waals surface area (Å²) in [7, 11) is -0.558. The first-order chi connectivity index (χ1) is 13.6. The maximum Gasteiger partial charge on any atom is 0.241 e. The second kappa shape index (κ2) is 9.89. The van der Waals surface area contributed by atoms with E-state index in [1.54, 1.807) is 38.4 Å². The molecule has 2 aromatic carbocycles. The first-order valence-electron chi connectivity index (χ1n) is 9.60. The summed E-state index contributed by atoms with van der Waals surface area (Å²) < 4.78 is 33.6. The molecule has 1 atom stereocenters. The molecule has 1 amide bonds. The minimum absolute atomic E-state index is 0.143. The fourth-order valence-electron chi connectivity index (χ4n) is 3.08. The van der Waals surface area contributed by atoms with Gasteiger partial charge in [0.1, 0.15) is 11.8 Å². The first-order valence-corrected chi connectivity index (χ1v) is 11.1. The number of ether oxygens (including phenoxy) is 1. The summed E-state index contributed by atoms with van der Waals surface area (Å²) in [6.45, 7) is 6.13. The molecule has 158 valence electrons. The van der Waals surface area contributed by atoms with Crippen molar-refractivity contribution in [1.29, 1.82) is 0 Å². The average molecular weight is 419 g/mol. The Morgan fingerprint density at radius 3 is 2.31 bits per heavy atom. The van der Waals surface area contributed by atoms with E-state index in [2.05, 4.69) is 4.72 Å². The molecule has 0 heterocycles. The van der Waals surface area contributed by atoms with Gasteiger partial charge in [-0.1, -0.05) is 49.7 Å². The number of aryl methyl sites for hydroxylation is 1. The quantitative estimate of drug-likeness (QED) is 0.678. The standard InChI is InChI=1S/C22H30N2O4S/c1-16(2)14-20(23-29(26,27)19-12-10-17(3)11-13-19)22(25)24(4)15-18-8-6-7-9-21(18)28-5/h6-13,16,20,23H,14-15H2,1-5H3. The summed E-state index contributed by atoms with van der Waals surface area (Å²) in [4.78, 5) is 14.8. The highest BCUT2D eigenvalue weighted by Crippen LogP contribution is 2.20. The molecule has 0 saturated heterocycles. The monoisotopic (exact) mass is 418 g/mol. The lowest BCUT2D eigenvalue weighted by Gasteiger charge is -2.26. The number of likely N-dealkylation sites (N-methyl/N-ethyl adjacent to an activating group) is 1. The molecule has 0 aromatic heterocycles. The molecule has 0 aliphatic rings. The molecular formula is C22H30N2O4S. The minimum atomic E-state index is -3.81. The molecule has 7 heteroatoms. The lowest BCUT2D eigenvalue weighted by atomic mass is 10.0. The second-order valence-electron chi connectivity index (χ2n) is 7.62. The van der Waals surface area contributed by atoms with Gasteiger partial charge >= 0.3 is 0 Å². The minimum Gasteiger partial charge on any atom is -0.496 e. The van der Waals surface area contributed by atoms with Gasteiger partial charge in [0.25, 0.3) is 0 Å². The second-order valence-corrected chi connectivity index (χ2v) is 9.34. The summed E-state index contributed by atoms with van der Waals surface area (Å²) in [5, 5.41) is 0. The summed E-state index contributed by atoms with van der Waals surface area (Å²) in [6.07, 6.45) is 0.403. The van der Waals surface area contributed by atoms with Crippen molar-refractivity contribution in [2.45, 2.75) is 44.7 Å². The fraction of sp³-hybridized carbons (Fsp3) is 0.409. The van der Waals surface area contributed by atoms with Crippen molar-refractivity contribution in [1.82, 2.24) is 9.62 Å². The molecule has 0 aliphatic heterocycles. The predicted octanol–water partition coefficient (Wildman–Crippen LogP) is 3.36. The van der Waals surface area contributed by atoms with Crippen LogP contribution in [0.2, 0.25) is 0 Å². The Bertz CT molecular complexity index is 924. The zero-order valence-electron chi connectivity index (χ0n) is 17.7. The third-order valence-corrected chi connectivity index (χ3v) is 6.10. The highest BCUT2D eigenvalue weighted by Gasteiger charge is 2.29. The van der Waals surface area contributed by atoms with E-state index < -0.39 is 16.1 Å². The molecule has 0 aliphatic carbocycles. The number of rotatable bonds is 9. The molecule has 29 heavy (non-hydrogen) atoms. The van der Waals surface area contributed by atoms with Gasteiger partial charge < -0.3 is 9.64 Å². The van der Waals surface area contributed by atoms with Crippen molar-refractivity contribution in [3.8, 4) is 5.75 Å². The van der Waals surface area contributed by atoms with Gasteiger partial charge in [0.2, 0.25) is 15.9 Å². The number of amides is 1. The SMILES string of the molecule is COc1ccccc1CN(C)C(=O)C(CC(C)C)NS(=O)(=O)c1ccc(C)cc1. The van der Waals surface area contributed by atoms with Crippen LogP contribution in [0.1, 0.15) is 31.4 Å². The summed E-state index contributed by atoms with van der Waals surface area (Å²) >= 11 is 0. The Balaban J connectivity index is 2.21. The topological polar surface area (TPSA) is 75.7 Å². The molecule has 1 N–H and O–H groups in total. The highest BCUT2D eigenvalue weighted by atomic mass is 32.2. The van der Waals surface area contributed by atoms with Gasteiger partial charge in [-0.25, -0.2) is 8.42 Å². The van der Waals surface area contributed by atoms with E-state index in [0.717, 1.165) is 11.1 Å². The van der Waals surface area contributed by atoms with Crippen LogP contribution in [-0.4, -0.2) is 39.4 Å². The van der Waals surface area contributed by atoms with E-state index in [1.807, 2.05) is 45.0 Å². The van der Waals surface area contributed by atoms with Gasteiger partial charge in [0.05, 0.1) is 12.0 Å². The van der Waals surface area contributed by atoms with E-state index in [0.29, 0.717) is 18.7 Å². The molecule has 1 unspecified atom stereocenters. The van der Waals surface area contributed by atoms with Crippen LogP contribution in [0.3, 0.4) is 0 Å². The molecule has 0 bridgehead atoms. The van der Waals surface area contributed by atoms with Crippen molar-refractivity contribution in [3.05, 3.63) is 59.7 Å². The molecule has 6 nitrogen and oxygen atoms in total. The molecule has 2 aromatic rings. The maximum absolute atomic E-state index is 13.1. The van der Waals surface area contributed by atoms with Gasteiger partial charge in [0.15, 0.2) is 0 Å². The van der Waals surface area contributed by atoms with E-state index in [-0.39, 0.29) is 16.7 Å². The van der Waals surface area contributed by atoms with E-state index >= 15 is 0 Å². The average Bonchev–Trinajstić information content (AvgIpc) is 2.67. The summed E-state index contributed by atoms with van der Waals surface area (Å²) in [5.74, 6) is 0.553. The van der Waals surface area contributed by atoms with Crippen molar-refractivity contribution in [2.24, 2.45) is 5.92 Å². The zero-order chi connectivity index (χ0) is 21.6. The van der Waals surface area contributed by atoms with Crippen LogP contribution in [0.4, 0.5) is 0 Å². The van der Waals surface area contributed by atoms with Crippen LogP contribution >= 0.6 is 0 Å². The lowest BCUT2D eigenvalue weighted by Crippen LogP contribution is -2.47. The Hall–Kier alpha value is -2.38. The Kier molecular flexibility index (Phi) is 7.81. The fourth-order valence-corrected chi connectivity index (χ4v) is 4.28. The van der Waals surface area contributed by atoms with Crippen LogP contribution in [0, 0.1) is 12.8 Å². The number of hydrogen-bond donors (Lipinski definition) is 1. The van der Waals surface area contributed by atoms with Crippen LogP contribution in [0.5, 0.6) is 5.75 Å². The Morgan fingerprint density at radius 1 is 1.10 bits per heavy atom. The molecule has 0 radical (unpaired) electrons. The van der Waals surface area contributed by atoms with E-state index in [9.17, 15) is 13.2 Å². The van der Waals surface area contributed by atoms with Crippen LogP contribution in [0.15, 0.2) is 53.4 Å². The number of hydrogen-bond acceptors (Lipinski definition) is 4. The molecule has 0 saturated carbocycles. The number of methoxy groups -OCH3 is 1. The van der Waals surface area contributed by atoms with Crippen LogP contribution < -0.4 is 9.46 Å². The molecule has 0 fully saturated rings. The number of nitrogens with one attached hydrogen (secondary N) is 1. The van der Waals surface area contributed by atoms with Crippen molar-refractivity contribution in [2.75, 3.05) is 14.2 Å². The molecular weight excluding hydrogens is 388 g/mol. The largest absolute Gasteiger partial charge is 0.496 e. The predicted molar refractivity (Wildman–Crippen MR) is 114 cm³/mol. The summed E-state index contributed by atoms with van der Waals surface area (Å²) in [5.41, 5.74) is 1.82. The maximum atomic E-state index is 13.1. The Morgan fingerprint density at radius 2 is 1.72 bits per heavy atom. The van der Waals surface area contributed by atoms with Crippen molar-refractivity contribution < 1.29 is 17.9 Å². The van der Waals surface area contributed by atoms with Crippen LogP contribution in [0.25, 0.3) is 0 Å². The number of carbonyl (C=O) groups excluding carboxylic acids is 1. The van der Waals surface area contributed by atoms with Gasteiger partial charge in [-0.2, -0.15) is 4.72 Å². The van der Waals surface area contributed by atoms with Gasteiger partial charge in [-0.05, 0) is 37.5 Å². The van der Waals surface area contributed by atoms with E-state index in [4.69, 9.17) is 4.74 Å². The van der Waals surface area contributed by atoms with Gasteiger partial charge in [-0.3, -0.25) is 4.79 Å². The molecule has 0 spiro atoms. The van der Waals surface area contributed by atoms with Gasteiger partial charge in [0, 0.05) is 19.2 Å². The molecule has 2 rings (SSSR count). The zero-order valence-corrected chi connectivity index (χ0v) is 18.5. The van der Waals surface area contributed by atoms with Crippen molar-refractivity contribution in [3.63, 3.8) is 0 Å². The first kappa shape index (κ1) is 22.9. The number of benzene rings is 2. The van der Waals surface area contributed by atoms with Crippen LogP contribution in [-0.2, 0) is 21.4 Å². The highest BCUT2D eigenvalue weighted by molar-refractivity contribution is 7.89. The summed E-state index contributed by atoms with van der Waals surface area (Å²) in [6, 6.07) is 13.2. The van der Waals surface area contributed by atoms with Crippen molar-refractivity contribution >= 4 is 15.9 Å². The number of para-hydroxylation sites is 1. The number of carbonyl (C=O) groups is 1. The third-order valence-electron chi connectivity index (χ3n) is 4.61. The lowest BCUT2D eigenvalue weighted by molar-refractivity contribution is -0.132. The van der Waals surface area contributed by atoms with E-state index in [1.165, 1.54) is 4.90 Å². The Labute approximate surface area is 173 Å². The smallest absolute Gasteiger partial charge is 0.241 e. The van der Waals surface area contributed by atoms with Gasteiger partial charge in [-0.15, -0.1) is 0 Å². The third kappa shape index (κ3) is 6.30. The number of nitrogens with zero attached hydrogens (tertiary/aromatic N) is 1. The normalized spacial score (nSPS) is 12.6.